The van der Waals surface area contributed by atoms with E-state index in [1.165, 1.54) is 0 Å². The summed E-state index contributed by atoms with van der Waals surface area (Å²) in [6, 6.07) is -0.198. The second kappa shape index (κ2) is 4.85. The maximum absolute atomic E-state index is 12.4. The molecule has 0 aromatic rings. The number of amides is 2. The number of fused-ring (bicyclic) bond motifs is 1. The number of carbonyl (C=O) groups is 2. The third-order valence-corrected chi connectivity index (χ3v) is 4.10. The quantitative estimate of drug-likeness (QED) is 0.610. The van der Waals surface area contributed by atoms with Gasteiger partial charge in [0.25, 0.3) is 0 Å². The largest absolute Gasteiger partial charge is 0.378 e. The molecule has 0 aromatic carbocycles. The van der Waals surface area contributed by atoms with E-state index < -0.39 is 0 Å². The number of piperidine rings is 1. The number of likely N-dealkylation sites (tertiary alicyclic amines) is 1. The van der Waals surface area contributed by atoms with E-state index in [0.29, 0.717) is 19.8 Å². The molecule has 3 heterocycles. The summed E-state index contributed by atoms with van der Waals surface area (Å²) in [6.07, 6.45) is 1.81. The van der Waals surface area contributed by atoms with Crippen molar-refractivity contribution in [2.24, 2.45) is 5.92 Å². The fourth-order valence-corrected chi connectivity index (χ4v) is 3.15. The summed E-state index contributed by atoms with van der Waals surface area (Å²) in [5.74, 6) is 0.179. The predicted molar refractivity (Wildman–Crippen MR) is 63.8 cm³/mol. The molecule has 3 aliphatic heterocycles. The third kappa shape index (κ3) is 1.99. The third-order valence-electron chi connectivity index (χ3n) is 4.10. The highest BCUT2D eigenvalue weighted by molar-refractivity contribution is 5.86. The molecule has 0 radical (unpaired) electrons. The van der Waals surface area contributed by atoms with E-state index in [9.17, 15) is 9.59 Å². The van der Waals surface area contributed by atoms with E-state index in [2.05, 4.69) is 10.6 Å². The van der Waals surface area contributed by atoms with Gasteiger partial charge >= 0.3 is 0 Å². The van der Waals surface area contributed by atoms with E-state index in [1.807, 2.05) is 4.90 Å². The van der Waals surface area contributed by atoms with Crippen molar-refractivity contribution < 1.29 is 14.3 Å². The van der Waals surface area contributed by atoms with Crippen LogP contribution >= 0.6 is 0 Å². The molecule has 3 atom stereocenters. The van der Waals surface area contributed by atoms with Crippen molar-refractivity contribution in [2.75, 3.05) is 32.8 Å². The van der Waals surface area contributed by atoms with Gasteiger partial charge in [-0.1, -0.05) is 0 Å². The lowest BCUT2D eigenvalue weighted by atomic mass is 9.91. The topological polar surface area (TPSA) is 70.7 Å². The van der Waals surface area contributed by atoms with Gasteiger partial charge in [0.15, 0.2) is 0 Å². The number of morpholine rings is 1. The van der Waals surface area contributed by atoms with Gasteiger partial charge in [0.1, 0.15) is 6.04 Å². The van der Waals surface area contributed by atoms with Crippen molar-refractivity contribution in [3.63, 3.8) is 0 Å². The average molecular weight is 253 g/mol. The fraction of sp³-hybridized carbons (Fsp3) is 0.833. The molecule has 3 unspecified atom stereocenters. The van der Waals surface area contributed by atoms with Gasteiger partial charge in [0.05, 0.1) is 25.2 Å². The van der Waals surface area contributed by atoms with Crippen LogP contribution in [0.2, 0.25) is 0 Å². The number of nitrogens with zero attached hydrogens (tertiary/aromatic N) is 1. The summed E-state index contributed by atoms with van der Waals surface area (Å²) in [7, 11) is 0. The zero-order valence-electron chi connectivity index (χ0n) is 10.4. The molecule has 18 heavy (non-hydrogen) atoms. The number of hydrogen-bond donors (Lipinski definition) is 2. The lowest BCUT2D eigenvalue weighted by molar-refractivity contribution is -0.141. The fourth-order valence-electron chi connectivity index (χ4n) is 3.15. The lowest BCUT2D eigenvalue weighted by Gasteiger charge is -2.38. The Morgan fingerprint density at radius 3 is 3.11 bits per heavy atom. The minimum absolute atomic E-state index is 0.00721. The Bertz CT molecular complexity index is 354. The number of carbonyl (C=O) groups excluding carboxylic acids is 2. The first-order chi connectivity index (χ1) is 8.77. The molecule has 3 aliphatic rings. The van der Waals surface area contributed by atoms with Crippen LogP contribution in [0.3, 0.4) is 0 Å². The summed E-state index contributed by atoms with van der Waals surface area (Å²) in [6.45, 7) is 3.18. The minimum Gasteiger partial charge on any atom is -0.378 e. The average Bonchev–Trinajstić information content (AvgIpc) is 2.81. The molecular formula is C12H19N3O3. The zero-order valence-corrected chi connectivity index (χ0v) is 10.4. The highest BCUT2D eigenvalue weighted by atomic mass is 16.5. The first-order valence-corrected chi connectivity index (χ1v) is 6.66. The first-order valence-electron chi connectivity index (χ1n) is 6.66. The van der Waals surface area contributed by atoms with Gasteiger partial charge in [0, 0.05) is 19.6 Å². The lowest BCUT2D eigenvalue weighted by Crippen LogP contribution is -2.58. The highest BCUT2D eigenvalue weighted by Crippen LogP contribution is 2.27. The van der Waals surface area contributed by atoms with Crippen molar-refractivity contribution in [3.05, 3.63) is 0 Å². The zero-order chi connectivity index (χ0) is 12.5. The second-order valence-corrected chi connectivity index (χ2v) is 5.17. The van der Waals surface area contributed by atoms with Crippen molar-refractivity contribution in [3.8, 4) is 0 Å². The normalized spacial score (nSPS) is 36.1. The number of hydrogen-bond acceptors (Lipinski definition) is 4. The van der Waals surface area contributed by atoms with Crippen LogP contribution in [-0.2, 0) is 14.3 Å². The molecule has 3 saturated heterocycles. The van der Waals surface area contributed by atoms with Crippen LogP contribution in [-0.4, -0.2) is 61.6 Å². The summed E-state index contributed by atoms with van der Waals surface area (Å²) >= 11 is 0. The number of nitrogens with one attached hydrogen (secondary N) is 2. The molecule has 3 fully saturated rings. The molecule has 0 spiro atoms. The summed E-state index contributed by atoms with van der Waals surface area (Å²) in [5.41, 5.74) is 0. The van der Waals surface area contributed by atoms with Gasteiger partial charge < -0.3 is 20.3 Å². The molecule has 6 heteroatoms. The molecule has 3 rings (SSSR count). The van der Waals surface area contributed by atoms with E-state index in [4.69, 9.17) is 4.74 Å². The molecule has 0 aliphatic carbocycles. The predicted octanol–water partition coefficient (Wildman–Crippen LogP) is -1.29. The van der Waals surface area contributed by atoms with Crippen molar-refractivity contribution in [1.29, 1.82) is 0 Å². The van der Waals surface area contributed by atoms with Crippen LogP contribution in [0.4, 0.5) is 0 Å². The summed E-state index contributed by atoms with van der Waals surface area (Å²) in [4.78, 5) is 26.0. The SMILES string of the molecule is O=C1NCC2C1CCCN2C(=O)C1COCCN1. The highest BCUT2D eigenvalue weighted by Gasteiger charge is 2.43. The molecule has 6 nitrogen and oxygen atoms in total. The van der Waals surface area contributed by atoms with Crippen LogP contribution < -0.4 is 10.6 Å². The Morgan fingerprint density at radius 1 is 1.44 bits per heavy atom. The van der Waals surface area contributed by atoms with Gasteiger partial charge in [-0.15, -0.1) is 0 Å². The maximum atomic E-state index is 12.4. The Kier molecular flexibility index (Phi) is 3.22. The van der Waals surface area contributed by atoms with Gasteiger partial charge in [-0.25, -0.2) is 0 Å². The van der Waals surface area contributed by atoms with E-state index in [1.54, 1.807) is 0 Å². The van der Waals surface area contributed by atoms with Crippen LogP contribution in [0, 0.1) is 5.92 Å². The van der Waals surface area contributed by atoms with Crippen molar-refractivity contribution in [2.45, 2.75) is 24.9 Å². The van der Waals surface area contributed by atoms with Gasteiger partial charge in [-0.2, -0.15) is 0 Å². The Labute approximate surface area is 106 Å². The van der Waals surface area contributed by atoms with E-state index in [0.717, 1.165) is 25.9 Å². The van der Waals surface area contributed by atoms with Crippen molar-refractivity contribution in [1.82, 2.24) is 15.5 Å². The number of rotatable bonds is 1. The molecule has 2 amide bonds. The molecule has 2 N–H and O–H groups in total. The Balaban J connectivity index is 1.70. The second-order valence-electron chi connectivity index (χ2n) is 5.17. The van der Waals surface area contributed by atoms with Gasteiger partial charge in [-0.3, -0.25) is 9.59 Å². The van der Waals surface area contributed by atoms with Crippen LogP contribution in [0.15, 0.2) is 0 Å². The standard InChI is InChI=1S/C12H19N3O3/c16-11-8-2-1-4-15(10(8)6-14-11)12(17)9-7-18-5-3-13-9/h8-10,13H,1-7H2,(H,14,16). The van der Waals surface area contributed by atoms with Crippen molar-refractivity contribution >= 4 is 11.8 Å². The Hall–Kier alpha value is -1.14. The summed E-state index contributed by atoms with van der Waals surface area (Å²) in [5, 5.41) is 6.05. The summed E-state index contributed by atoms with van der Waals surface area (Å²) < 4.78 is 5.33. The molecule has 0 bridgehead atoms. The molecular weight excluding hydrogens is 234 g/mol. The van der Waals surface area contributed by atoms with Crippen LogP contribution in [0.25, 0.3) is 0 Å². The Morgan fingerprint density at radius 2 is 2.33 bits per heavy atom. The number of ether oxygens (including phenoxy) is 1. The van der Waals surface area contributed by atoms with E-state index in [-0.39, 0.29) is 29.8 Å². The molecule has 0 saturated carbocycles. The minimum atomic E-state index is -0.242. The maximum Gasteiger partial charge on any atom is 0.242 e. The van der Waals surface area contributed by atoms with Gasteiger partial charge in [0.2, 0.25) is 11.8 Å². The van der Waals surface area contributed by atoms with Gasteiger partial charge in [-0.05, 0) is 12.8 Å². The van der Waals surface area contributed by atoms with Crippen LogP contribution in [0.5, 0.6) is 0 Å². The molecule has 0 aromatic heterocycles. The first kappa shape index (κ1) is 11.9. The van der Waals surface area contributed by atoms with Crippen LogP contribution in [0.1, 0.15) is 12.8 Å². The van der Waals surface area contributed by atoms with E-state index >= 15 is 0 Å². The molecule has 100 valence electrons. The smallest absolute Gasteiger partial charge is 0.242 e. The monoisotopic (exact) mass is 253 g/mol.